The second-order valence-electron chi connectivity index (χ2n) is 1.26. The molecule has 0 aromatic carbocycles. The van der Waals surface area contributed by atoms with Crippen molar-refractivity contribution in [2.75, 3.05) is 5.88 Å². The molecule has 3 N–H and O–H groups in total. The standard InChI is InChI=1S/C3H5ClO4.Al.Na.4H/c4-1-3(7,8)2(5)6;;;;;;/h7-8H,1H2,(H,5,6);;;;;;/q;;+1;;;;-1. The number of halogens is 1. The number of hydrogen-bond acceptors (Lipinski definition) is 3. The molecular formula is C3H9AlClNaO4. The average Bonchev–Trinajstić information content (AvgIpc) is 1.67. The Kier molecular flexibility index (Phi) is 12.0. The zero-order valence-electron chi connectivity index (χ0n) is 5.83. The fraction of sp³-hybridized carbons (Fsp3) is 0.667. The topological polar surface area (TPSA) is 77.8 Å². The van der Waals surface area contributed by atoms with E-state index in [0.717, 1.165) is 0 Å². The molecule has 0 rings (SSSR count). The number of aliphatic hydroxyl groups is 2. The first kappa shape index (κ1) is 17.3. The second kappa shape index (κ2) is 6.89. The van der Waals surface area contributed by atoms with Crippen molar-refractivity contribution < 1.29 is 51.1 Å². The van der Waals surface area contributed by atoms with Crippen LogP contribution in [0.5, 0.6) is 0 Å². The van der Waals surface area contributed by atoms with Crippen molar-refractivity contribution in [2.45, 2.75) is 5.79 Å². The molecule has 0 aliphatic carbocycles. The molecule has 4 nitrogen and oxygen atoms in total. The third-order valence-electron chi connectivity index (χ3n) is 0.529. The summed E-state index contributed by atoms with van der Waals surface area (Å²) in [6, 6.07) is 0. The molecule has 0 atom stereocenters. The summed E-state index contributed by atoms with van der Waals surface area (Å²) in [6.45, 7) is 0. The predicted molar refractivity (Wildman–Crippen MR) is 36.6 cm³/mol. The molecule has 0 fully saturated rings. The van der Waals surface area contributed by atoms with Gasteiger partial charge in [-0.2, -0.15) is 0 Å². The van der Waals surface area contributed by atoms with E-state index >= 15 is 0 Å². The second-order valence-corrected chi connectivity index (χ2v) is 1.52. The van der Waals surface area contributed by atoms with E-state index in [0.29, 0.717) is 0 Å². The van der Waals surface area contributed by atoms with Gasteiger partial charge in [0.05, 0.1) is 5.88 Å². The first-order chi connectivity index (χ1) is 3.50. The van der Waals surface area contributed by atoms with Gasteiger partial charge in [0.15, 0.2) is 17.4 Å². The van der Waals surface area contributed by atoms with Crippen LogP contribution in [0, 0.1) is 0 Å². The zero-order chi connectivity index (χ0) is 6.78. The van der Waals surface area contributed by atoms with Crippen molar-refractivity contribution in [1.29, 1.82) is 0 Å². The summed E-state index contributed by atoms with van der Waals surface area (Å²) in [5.41, 5.74) is 0. The SMILES string of the molecule is O=C(O)C(O)(O)CCl.[AlH3].[H-].[Na+]. The molecule has 0 aromatic heterocycles. The Bertz CT molecular complexity index is 114. The summed E-state index contributed by atoms with van der Waals surface area (Å²) < 4.78 is 0. The quantitative estimate of drug-likeness (QED) is 0.234. The normalized spacial score (nSPS) is 9.10. The molecule has 0 radical (unpaired) electrons. The van der Waals surface area contributed by atoms with E-state index in [1.807, 2.05) is 0 Å². The minimum Gasteiger partial charge on any atom is -1.00 e. The molecule has 0 bridgehead atoms. The zero-order valence-corrected chi connectivity index (χ0v) is 7.59. The number of carboxylic acid groups (broad SMARTS) is 1. The Labute approximate surface area is 97.1 Å². The Balaban J connectivity index is -0.0000000817. The molecule has 0 heterocycles. The van der Waals surface area contributed by atoms with Gasteiger partial charge in [0.25, 0.3) is 5.79 Å². The van der Waals surface area contributed by atoms with Crippen LogP contribution < -0.4 is 29.6 Å². The third kappa shape index (κ3) is 5.96. The van der Waals surface area contributed by atoms with Crippen molar-refractivity contribution in [3.8, 4) is 0 Å². The molecule has 0 aliphatic rings. The average molecular weight is 195 g/mol. The summed E-state index contributed by atoms with van der Waals surface area (Å²) in [6.07, 6.45) is 0. The van der Waals surface area contributed by atoms with Crippen LogP contribution in [-0.2, 0) is 4.79 Å². The third-order valence-corrected chi connectivity index (χ3v) is 0.902. The van der Waals surface area contributed by atoms with Crippen molar-refractivity contribution in [2.24, 2.45) is 0 Å². The molecule has 0 unspecified atom stereocenters. The van der Waals surface area contributed by atoms with Crippen molar-refractivity contribution >= 4 is 34.9 Å². The van der Waals surface area contributed by atoms with Crippen LogP contribution in [0.15, 0.2) is 0 Å². The van der Waals surface area contributed by atoms with Gasteiger partial charge >= 0.3 is 35.5 Å². The first-order valence-electron chi connectivity index (χ1n) is 1.75. The van der Waals surface area contributed by atoms with E-state index in [1.54, 1.807) is 0 Å². The van der Waals surface area contributed by atoms with Crippen LogP contribution in [0.4, 0.5) is 0 Å². The number of carbonyl (C=O) groups is 1. The van der Waals surface area contributed by atoms with Crippen LogP contribution in [0.3, 0.4) is 0 Å². The van der Waals surface area contributed by atoms with E-state index < -0.39 is 17.6 Å². The van der Waals surface area contributed by atoms with Gasteiger partial charge in [-0.3, -0.25) is 0 Å². The van der Waals surface area contributed by atoms with Crippen molar-refractivity contribution in [3.05, 3.63) is 0 Å². The van der Waals surface area contributed by atoms with E-state index in [2.05, 4.69) is 0 Å². The number of aliphatic carboxylic acids is 1. The van der Waals surface area contributed by atoms with Gasteiger partial charge in [-0.1, -0.05) is 0 Å². The molecule has 0 saturated carbocycles. The molecular weight excluding hydrogens is 185 g/mol. The van der Waals surface area contributed by atoms with Crippen LogP contribution in [0.2, 0.25) is 0 Å². The molecule has 7 heteroatoms. The van der Waals surface area contributed by atoms with Crippen molar-refractivity contribution in [3.63, 3.8) is 0 Å². The number of carboxylic acids is 1. The molecule has 56 valence electrons. The molecule has 0 aliphatic heterocycles. The number of hydrogen-bond donors (Lipinski definition) is 3. The summed E-state index contributed by atoms with van der Waals surface area (Å²) in [5, 5.41) is 24.3. The van der Waals surface area contributed by atoms with Gasteiger partial charge in [0, 0.05) is 0 Å². The fourth-order valence-corrected chi connectivity index (χ4v) is 0.171. The smallest absolute Gasteiger partial charge is 1.00 e. The van der Waals surface area contributed by atoms with Gasteiger partial charge in [0.2, 0.25) is 0 Å². The maximum atomic E-state index is 9.67. The minimum atomic E-state index is -2.78. The Hall–Kier alpha value is 1.21. The Morgan fingerprint density at radius 2 is 1.90 bits per heavy atom. The van der Waals surface area contributed by atoms with Gasteiger partial charge in [0.1, 0.15) is 0 Å². The monoisotopic (exact) mass is 194 g/mol. The number of rotatable bonds is 2. The Morgan fingerprint density at radius 1 is 1.60 bits per heavy atom. The Morgan fingerprint density at radius 3 is 1.90 bits per heavy atom. The maximum Gasteiger partial charge on any atom is 1.00 e. The summed E-state index contributed by atoms with van der Waals surface area (Å²) >= 11 is 4.81. The van der Waals surface area contributed by atoms with Gasteiger partial charge in [-0.25, -0.2) is 4.79 Å². The van der Waals surface area contributed by atoms with Gasteiger partial charge < -0.3 is 16.7 Å². The summed E-state index contributed by atoms with van der Waals surface area (Å²) in [5.74, 6) is -5.25. The minimum absolute atomic E-state index is 0. The summed E-state index contributed by atoms with van der Waals surface area (Å²) in [4.78, 5) is 9.67. The summed E-state index contributed by atoms with van der Waals surface area (Å²) in [7, 11) is 0. The van der Waals surface area contributed by atoms with Crippen LogP contribution >= 0.6 is 11.6 Å². The molecule has 0 amide bonds. The largest absolute Gasteiger partial charge is 1.00 e. The van der Waals surface area contributed by atoms with E-state index in [4.69, 9.17) is 26.9 Å². The molecule has 0 saturated heterocycles. The van der Waals surface area contributed by atoms with E-state index in [-0.39, 0.29) is 48.3 Å². The fourth-order valence-electron chi connectivity index (χ4n) is 0.0572. The molecule has 10 heavy (non-hydrogen) atoms. The number of alkyl halides is 1. The van der Waals surface area contributed by atoms with Crippen LogP contribution in [0.1, 0.15) is 1.43 Å². The van der Waals surface area contributed by atoms with E-state index in [1.165, 1.54) is 0 Å². The maximum absolute atomic E-state index is 9.67. The first-order valence-corrected chi connectivity index (χ1v) is 2.28. The van der Waals surface area contributed by atoms with Crippen LogP contribution in [-0.4, -0.2) is 50.3 Å². The predicted octanol–water partition coefficient (Wildman–Crippen LogP) is -5.08. The molecule has 0 aromatic rings. The van der Waals surface area contributed by atoms with Gasteiger partial charge in [-0.05, 0) is 0 Å². The van der Waals surface area contributed by atoms with Crippen LogP contribution in [0.25, 0.3) is 0 Å². The molecule has 0 spiro atoms. The van der Waals surface area contributed by atoms with Crippen molar-refractivity contribution in [1.82, 2.24) is 0 Å². The van der Waals surface area contributed by atoms with E-state index in [9.17, 15) is 4.79 Å². The van der Waals surface area contributed by atoms with Gasteiger partial charge in [-0.15, -0.1) is 11.6 Å².